The maximum Gasteiger partial charge on any atom is 0.0701 e. The molecule has 0 aliphatic heterocycles. The number of nitrogens with zero attached hydrogens (tertiary/aromatic N) is 1. The fraction of sp³-hybridized carbons (Fsp3) is 0.750. The number of hydrogen-bond donors (Lipinski definition) is 2. The average Bonchev–Trinajstić information content (AvgIpc) is 1.87. The van der Waals surface area contributed by atoms with Crippen molar-refractivity contribution in [2.45, 2.75) is 12.5 Å². The molecule has 3 heteroatoms. The highest BCUT2D eigenvalue weighted by atomic mass is 16.3. The van der Waals surface area contributed by atoms with Gasteiger partial charge in [0, 0.05) is 13.1 Å². The van der Waals surface area contributed by atoms with Gasteiger partial charge in [0.05, 0.1) is 12.7 Å². The van der Waals surface area contributed by atoms with Crippen LogP contribution in [0.5, 0.6) is 0 Å². The van der Waals surface area contributed by atoms with Gasteiger partial charge in [-0.05, 0) is 13.5 Å². The van der Waals surface area contributed by atoms with Crippen molar-refractivity contribution in [3.8, 4) is 0 Å². The molecule has 0 spiro atoms. The van der Waals surface area contributed by atoms with Gasteiger partial charge in [0.1, 0.15) is 0 Å². The van der Waals surface area contributed by atoms with Crippen LogP contribution in [0.25, 0.3) is 0 Å². The highest BCUT2D eigenvalue weighted by molar-refractivity contribution is 4.73. The summed E-state index contributed by atoms with van der Waals surface area (Å²) < 4.78 is 0. The maximum atomic E-state index is 9.25. The van der Waals surface area contributed by atoms with E-state index in [1.54, 1.807) is 6.08 Å². The Morgan fingerprint density at radius 3 is 2.73 bits per heavy atom. The number of rotatable bonds is 6. The van der Waals surface area contributed by atoms with E-state index in [-0.39, 0.29) is 12.7 Å². The lowest BCUT2D eigenvalue weighted by Crippen LogP contribution is -2.30. The van der Waals surface area contributed by atoms with E-state index in [1.807, 2.05) is 11.9 Å². The van der Waals surface area contributed by atoms with Crippen molar-refractivity contribution in [1.29, 1.82) is 0 Å². The maximum absolute atomic E-state index is 9.25. The van der Waals surface area contributed by atoms with Crippen LogP contribution in [0.4, 0.5) is 0 Å². The number of likely N-dealkylation sites (N-methyl/N-ethyl adjacent to an activating group) is 1. The first-order chi connectivity index (χ1) is 5.20. The van der Waals surface area contributed by atoms with Gasteiger partial charge in [0.2, 0.25) is 0 Å². The Morgan fingerprint density at radius 1 is 1.64 bits per heavy atom. The SMILES string of the molecule is C=CCC(O)CN(C)CCO. The molecule has 0 saturated heterocycles. The molecule has 66 valence electrons. The van der Waals surface area contributed by atoms with Crippen molar-refractivity contribution in [3.63, 3.8) is 0 Å². The minimum Gasteiger partial charge on any atom is -0.395 e. The summed E-state index contributed by atoms with van der Waals surface area (Å²) in [5, 5.41) is 17.8. The molecule has 3 nitrogen and oxygen atoms in total. The van der Waals surface area contributed by atoms with Gasteiger partial charge < -0.3 is 15.1 Å². The number of hydrogen-bond acceptors (Lipinski definition) is 3. The van der Waals surface area contributed by atoms with Crippen LogP contribution >= 0.6 is 0 Å². The van der Waals surface area contributed by atoms with E-state index in [0.29, 0.717) is 19.5 Å². The Kier molecular flexibility index (Phi) is 6.12. The van der Waals surface area contributed by atoms with E-state index < -0.39 is 0 Å². The van der Waals surface area contributed by atoms with Gasteiger partial charge in [0.25, 0.3) is 0 Å². The number of aliphatic hydroxyl groups is 2. The molecule has 0 radical (unpaired) electrons. The van der Waals surface area contributed by atoms with Crippen LogP contribution in [0.1, 0.15) is 6.42 Å². The second kappa shape index (κ2) is 6.34. The third-order valence-electron chi connectivity index (χ3n) is 1.44. The Bertz CT molecular complexity index is 106. The largest absolute Gasteiger partial charge is 0.395 e. The standard InChI is InChI=1S/C8H17NO2/c1-3-4-8(11)7-9(2)5-6-10/h3,8,10-11H,1,4-7H2,2H3. The van der Waals surface area contributed by atoms with Crippen LogP contribution in [-0.4, -0.2) is 48.0 Å². The fourth-order valence-corrected chi connectivity index (χ4v) is 0.889. The minimum atomic E-state index is -0.357. The summed E-state index contributed by atoms with van der Waals surface area (Å²) in [5.74, 6) is 0. The molecule has 0 saturated carbocycles. The lowest BCUT2D eigenvalue weighted by atomic mass is 10.2. The molecule has 0 bridgehead atoms. The molecule has 11 heavy (non-hydrogen) atoms. The Morgan fingerprint density at radius 2 is 2.27 bits per heavy atom. The summed E-state index contributed by atoms with van der Waals surface area (Å²) in [4.78, 5) is 1.88. The van der Waals surface area contributed by atoms with E-state index in [1.165, 1.54) is 0 Å². The normalized spacial score (nSPS) is 13.5. The zero-order valence-electron chi connectivity index (χ0n) is 7.03. The molecule has 0 heterocycles. The zero-order chi connectivity index (χ0) is 8.69. The summed E-state index contributed by atoms with van der Waals surface area (Å²) in [6, 6.07) is 0. The second-order valence-electron chi connectivity index (χ2n) is 2.66. The van der Waals surface area contributed by atoms with Gasteiger partial charge in [-0.15, -0.1) is 6.58 Å². The Balaban J connectivity index is 3.39. The molecule has 0 amide bonds. The summed E-state index contributed by atoms with van der Waals surface area (Å²) in [5.41, 5.74) is 0. The smallest absolute Gasteiger partial charge is 0.0701 e. The molecular formula is C8H17NO2. The molecule has 0 rings (SSSR count). The van der Waals surface area contributed by atoms with Crippen molar-refractivity contribution in [1.82, 2.24) is 4.90 Å². The first kappa shape index (κ1) is 10.6. The molecule has 1 unspecified atom stereocenters. The van der Waals surface area contributed by atoms with Gasteiger partial charge in [0.15, 0.2) is 0 Å². The van der Waals surface area contributed by atoms with Crippen molar-refractivity contribution in [3.05, 3.63) is 12.7 Å². The number of aliphatic hydroxyl groups excluding tert-OH is 2. The van der Waals surface area contributed by atoms with Gasteiger partial charge in [-0.3, -0.25) is 0 Å². The van der Waals surface area contributed by atoms with Crippen molar-refractivity contribution in [2.75, 3.05) is 26.7 Å². The van der Waals surface area contributed by atoms with Crippen LogP contribution in [0, 0.1) is 0 Å². The van der Waals surface area contributed by atoms with E-state index in [0.717, 1.165) is 0 Å². The Labute approximate surface area is 68.0 Å². The van der Waals surface area contributed by atoms with E-state index in [4.69, 9.17) is 5.11 Å². The molecule has 0 aromatic rings. The quantitative estimate of drug-likeness (QED) is 0.530. The molecule has 0 aromatic carbocycles. The molecule has 0 aromatic heterocycles. The van der Waals surface area contributed by atoms with E-state index in [9.17, 15) is 5.11 Å². The molecule has 0 fully saturated rings. The summed E-state index contributed by atoms with van der Waals surface area (Å²) in [6.07, 6.45) is 1.94. The van der Waals surface area contributed by atoms with Gasteiger partial charge in [-0.1, -0.05) is 6.08 Å². The first-order valence-electron chi connectivity index (χ1n) is 3.79. The third kappa shape index (κ3) is 6.04. The minimum absolute atomic E-state index is 0.136. The summed E-state index contributed by atoms with van der Waals surface area (Å²) in [6.45, 7) is 4.86. The van der Waals surface area contributed by atoms with Gasteiger partial charge >= 0.3 is 0 Å². The predicted octanol–water partition coefficient (Wildman–Crippen LogP) is -0.153. The van der Waals surface area contributed by atoms with Crippen LogP contribution in [0.2, 0.25) is 0 Å². The molecule has 0 aliphatic rings. The lowest BCUT2D eigenvalue weighted by molar-refractivity contribution is 0.116. The fourth-order valence-electron chi connectivity index (χ4n) is 0.889. The van der Waals surface area contributed by atoms with E-state index >= 15 is 0 Å². The van der Waals surface area contributed by atoms with Crippen molar-refractivity contribution < 1.29 is 10.2 Å². The highest BCUT2D eigenvalue weighted by Crippen LogP contribution is 1.94. The first-order valence-corrected chi connectivity index (χ1v) is 3.79. The highest BCUT2D eigenvalue weighted by Gasteiger charge is 2.04. The van der Waals surface area contributed by atoms with E-state index in [2.05, 4.69) is 6.58 Å². The third-order valence-corrected chi connectivity index (χ3v) is 1.44. The molecular weight excluding hydrogens is 142 g/mol. The van der Waals surface area contributed by atoms with Gasteiger partial charge in [-0.2, -0.15) is 0 Å². The second-order valence-corrected chi connectivity index (χ2v) is 2.66. The van der Waals surface area contributed by atoms with Crippen LogP contribution in [-0.2, 0) is 0 Å². The topological polar surface area (TPSA) is 43.7 Å². The predicted molar refractivity (Wildman–Crippen MR) is 45.4 cm³/mol. The summed E-state index contributed by atoms with van der Waals surface area (Å²) in [7, 11) is 1.86. The molecule has 1 atom stereocenters. The molecule has 2 N–H and O–H groups in total. The summed E-state index contributed by atoms with van der Waals surface area (Å²) >= 11 is 0. The average molecular weight is 159 g/mol. The van der Waals surface area contributed by atoms with Crippen molar-refractivity contribution >= 4 is 0 Å². The lowest BCUT2D eigenvalue weighted by Gasteiger charge is -2.18. The zero-order valence-corrected chi connectivity index (χ0v) is 7.03. The molecule has 0 aliphatic carbocycles. The van der Waals surface area contributed by atoms with Crippen LogP contribution in [0.15, 0.2) is 12.7 Å². The Hall–Kier alpha value is -0.380. The van der Waals surface area contributed by atoms with Crippen LogP contribution < -0.4 is 0 Å². The van der Waals surface area contributed by atoms with Crippen molar-refractivity contribution in [2.24, 2.45) is 0 Å². The van der Waals surface area contributed by atoms with Crippen LogP contribution in [0.3, 0.4) is 0 Å². The monoisotopic (exact) mass is 159 g/mol. The van der Waals surface area contributed by atoms with Gasteiger partial charge in [-0.25, -0.2) is 0 Å².